The van der Waals surface area contributed by atoms with Crippen LogP contribution in [-0.2, 0) is 4.74 Å². The minimum Gasteiger partial charge on any atom is -0.496 e. The summed E-state index contributed by atoms with van der Waals surface area (Å²) in [6.45, 7) is 10.6. The maximum atomic E-state index is 5.89. The molecule has 0 aromatic carbocycles. The Morgan fingerprint density at radius 3 is 2.18 bits per heavy atom. The van der Waals surface area contributed by atoms with E-state index in [1.807, 2.05) is 0 Å². The van der Waals surface area contributed by atoms with Crippen molar-refractivity contribution >= 4 is 0 Å². The Labute approximate surface area is 108 Å². The smallest absolute Gasteiger partial charge is 0.114 e. The van der Waals surface area contributed by atoms with E-state index in [0.717, 1.165) is 25.3 Å². The van der Waals surface area contributed by atoms with Crippen LogP contribution in [0.25, 0.3) is 0 Å². The monoisotopic (exact) mass is 241 g/mol. The summed E-state index contributed by atoms with van der Waals surface area (Å²) < 4.78 is 5.89. The maximum Gasteiger partial charge on any atom is 0.114 e. The molecule has 0 rings (SSSR count). The van der Waals surface area contributed by atoms with Gasteiger partial charge in [0, 0.05) is 25.7 Å². The van der Waals surface area contributed by atoms with Crippen LogP contribution in [0.2, 0.25) is 0 Å². The first kappa shape index (κ1) is 16.3. The fourth-order valence-corrected chi connectivity index (χ4v) is 1.81. The normalized spacial score (nSPS) is 12.3. The Morgan fingerprint density at radius 1 is 1.00 bits per heavy atom. The summed E-state index contributed by atoms with van der Waals surface area (Å²) in [6, 6.07) is 0. The van der Waals surface area contributed by atoms with Crippen molar-refractivity contribution in [2.45, 2.75) is 66.2 Å². The molecule has 0 aliphatic carbocycles. The van der Waals surface area contributed by atoms with E-state index in [9.17, 15) is 0 Å². The zero-order valence-corrected chi connectivity index (χ0v) is 12.5. The first-order chi connectivity index (χ1) is 8.17. The zero-order valence-electron chi connectivity index (χ0n) is 12.5. The zero-order chi connectivity index (χ0) is 13.1. The van der Waals surface area contributed by atoms with Gasteiger partial charge in [-0.2, -0.15) is 0 Å². The van der Waals surface area contributed by atoms with Crippen molar-refractivity contribution < 1.29 is 4.74 Å². The largest absolute Gasteiger partial charge is 0.496 e. The molecule has 0 N–H and O–H groups in total. The van der Waals surface area contributed by atoms with Crippen LogP contribution in [0.1, 0.15) is 66.2 Å². The molecule has 0 aromatic rings. The summed E-state index contributed by atoms with van der Waals surface area (Å²) in [7, 11) is 2.12. The molecule has 0 fully saturated rings. The number of hydrogen-bond donors (Lipinski definition) is 0. The third-order valence-electron chi connectivity index (χ3n) is 3.30. The molecule has 102 valence electrons. The summed E-state index contributed by atoms with van der Waals surface area (Å²) in [5.41, 5.74) is 1.28. The van der Waals surface area contributed by atoms with Gasteiger partial charge in [-0.25, -0.2) is 0 Å². The summed E-state index contributed by atoms with van der Waals surface area (Å²) in [6.07, 6.45) is 7.49. The number of nitrogens with zero attached hydrogens (tertiary/aromatic N) is 1. The van der Waals surface area contributed by atoms with Crippen molar-refractivity contribution in [1.82, 2.24) is 4.90 Å². The van der Waals surface area contributed by atoms with Crippen molar-refractivity contribution in [1.29, 1.82) is 0 Å². The van der Waals surface area contributed by atoms with E-state index in [-0.39, 0.29) is 0 Å². The Kier molecular flexibility index (Phi) is 10.1. The Balaban J connectivity index is 3.89. The van der Waals surface area contributed by atoms with Gasteiger partial charge in [-0.3, -0.25) is 0 Å². The van der Waals surface area contributed by atoms with E-state index in [0.29, 0.717) is 0 Å². The average molecular weight is 241 g/mol. The molecule has 0 amide bonds. The fourth-order valence-electron chi connectivity index (χ4n) is 1.81. The van der Waals surface area contributed by atoms with Crippen LogP contribution < -0.4 is 0 Å². The summed E-state index contributed by atoms with van der Waals surface area (Å²) >= 11 is 0. The second-order valence-corrected chi connectivity index (χ2v) is 4.64. The molecule has 17 heavy (non-hydrogen) atoms. The molecule has 0 saturated heterocycles. The first-order valence-corrected chi connectivity index (χ1v) is 7.20. The molecule has 0 aromatic heterocycles. The fraction of sp³-hybridized carbons (Fsp3) is 0.867. The molecule has 0 radical (unpaired) electrons. The van der Waals surface area contributed by atoms with E-state index in [2.05, 4.69) is 39.6 Å². The Morgan fingerprint density at radius 2 is 1.65 bits per heavy atom. The van der Waals surface area contributed by atoms with Gasteiger partial charge < -0.3 is 9.64 Å². The third-order valence-corrected chi connectivity index (χ3v) is 3.30. The van der Waals surface area contributed by atoms with Crippen molar-refractivity contribution in [2.75, 3.05) is 20.2 Å². The van der Waals surface area contributed by atoms with Crippen LogP contribution >= 0.6 is 0 Å². The van der Waals surface area contributed by atoms with Crippen LogP contribution in [-0.4, -0.2) is 25.1 Å². The molecule has 0 spiro atoms. The lowest BCUT2D eigenvalue weighted by molar-refractivity contribution is 0.184. The molecular weight excluding hydrogens is 210 g/mol. The molecule has 0 heterocycles. The molecular formula is C15H31NO. The van der Waals surface area contributed by atoms with Crippen molar-refractivity contribution in [3.05, 3.63) is 11.5 Å². The maximum absolute atomic E-state index is 5.89. The van der Waals surface area contributed by atoms with Crippen LogP contribution in [0.3, 0.4) is 0 Å². The van der Waals surface area contributed by atoms with Gasteiger partial charge in [0.1, 0.15) is 5.76 Å². The predicted molar refractivity (Wildman–Crippen MR) is 76.0 cm³/mol. The molecule has 2 nitrogen and oxygen atoms in total. The summed E-state index contributed by atoms with van der Waals surface area (Å²) in [4.78, 5) is 2.25. The minimum atomic E-state index is 0.877. The van der Waals surface area contributed by atoms with Crippen LogP contribution in [0.5, 0.6) is 0 Å². The van der Waals surface area contributed by atoms with Crippen LogP contribution in [0, 0.1) is 0 Å². The second-order valence-electron chi connectivity index (χ2n) is 4.64. The van der Waals surface area contributed by atoms with Crippen LogP contribution in [0.4, 0.5) is 0 Å². The Bertz CT molecular complexity index is 211. The predicted octanol–water partition coefficient (Wildman–Crippen LogP) is 4.57. The molecule has 0 atom stereocenters. The van der Waals surface area contributed by atoms with Crippen molar-refractivity contribution in [3.63, 3.8) is 0 Å². The lowest BCUT2D eigenvalue weighted by atomic mass is 10.2. The molecule has 0 saturated carbocycles. The highest BCUT2D eigenvalue weighted by molar-refractivity contribution is 5.03. The van der Waals surface area contributed by atoms with Gasteiger partial charge in [0.05, 0.1) is 6.61 Å². The molecule has 0 aliphatic heterocycles. The first-order valence-electron chi connectivity index (χ1n) is 7.20. The highest BCUT2D eigenvalue weighted by atomic mass is 16.5. The quantitative estimate of drug-likeness (QED) is 0.410. The van der Waals surface area contributed by atoms with Crippen molar-refractivity contribution in [2.24, 2.45) is 0 Å². The third kappa shape index (κ3) is 7.30. The highest BCUT2D eigenvalue weighted by Gasteiger charge is 2.05. The van der Waals surface area contributed by atoms with Gasteiger partial charge in [0.2, 0.25) is 0 Å². The summed E-state index contributed by atoms with van der Waals surface area (Å²) in [5, 5.41) is 0. The molecule has 0 unspecified atom stereocenters. The topological polar surface area (TPSA) is 12.5 Å². The number of ether oxygens (including phenoxy) is 1. The Hall–Kier alpha value is -0.660. The molecule has 0 bridgehead atoms. The van der Waals surface area contributed by atoms with Gasteiger partial charge in [-0.1, -0.05) is 39.5 Å². The SMILES string of the molecule is CCCCCCCO/C(CC)=C(/C)N(C)CC. The summed E-state index contributed by atoms with van der Waals surface area (Å²) in [5.74, 6) is 1.16. The van der Waals surface area contributed by atoms with E-state index in [4.69, 9.17) is 4.74 Å². The van der Waals surface area contributed by atoms with Crippen molar-refractivity contribution in [3.8, 4) is 0 Å². The number of allylic oxidation sites excluding steroid dienone is 2. The van der Waals surface area contributed by atoms with E-state index < -0.39 is 0 Å². The van der Waals surface area contributed by atoms with E-state index >= 15 is 0 Å². The van der Waals surface area contributed by atoms with Gasteiger partial charge in [-0.15, -0.1) is 0 Å². The molecule has 2 heteroatoms. The molecule has 0 aliphatic rings. The lowest BCUT2D eigenvalue weighted by Gasteiger charge is -2.21. The van der Waals surface area contributed by atoms with E-state index in [1.165, 1.54) is 37.8 Å². The van der Waals surface area contributed by atoms with Gasteiger partial charge in [0.15, 0.2) is 0 Å². The number of unbranched alkanes of at least 4 members (excludes halogenated alkanes) is 4. The lowest BCUT2D eigenvalue weighted by Crippen LogP contribution is -2.17. The standard InChI is InChI=1S/C15H31NO/c1-6-9-10-11-12-13-17-15(7-2)14(4)16(5)8-3/h6-13H2,1-5H3/b15-14-. The number of rotatable bonds is 10. The number of hydrogen-bond acceptors (Lipinski definition) is 2. The average Bonchev–Trinajstić information content (AvgIpc) is 2.36. The highest BCUT2D eigenvalue weighted by Crippen LogP contribution is 2.14. The second kappa shape index (κ2) is 10.5. The van der Waals surface area contributed by atoms with Crippen LogP contribution in [0.15, 0.2) is 11.5 Å². The van der Waals surface area contributed by atoms with E-state index in [1.54, 1.807) is 0 Å². The minimum absolute atomic E-state index is 0.877. The van der Waals surface area contributed by atoms with Gasteiger partial charge in [-0.05, 0) is 20.3 Å². The van der Waals surface area contributed by atoms with Gasteiger partial charge >= 0.3 is 0 Å². The van der Waals surface area contributed by atoms with Gasteiger partial charge in [0.25, 0.3) is 0 Å².